The number of halogens is 2. The summed E-state index contributed by atoms with van der Waals surface area (Å²) in [6.07, 6.45) is 2.47. The van der Waals surface area contributed by atoms with Gasteiger partial charge in [0.1, 0.15) is 0 Å². The lowest BCUT2D eigenvalue weighted by molar-refractivity contribution is -0.0119. The SMILES string of the molecule is CCC1(C)OB(C2=CCC(F)(F)CC2)OC1(C)C. The van der Waals surface area contributed by atoms with E-state index in [1.165, 1.54) is 0 Å². The van der Waals surface area contributed by atoms with Crippen molar-refractivity contribution in [1.29, 1.82) is 0 Å². The second kappa shape index (κ2) is 4.31. The first-order valence-corrected chi connectivity index (χ1v) is 6.61. The average Bonchev–Trinajstić information content (AvgIpc) is 2.50. The molecule has 1 heterocycles. The Bertz CT molecular complexity index is 368. The van der Waals surface area contributed by atoms with Gasteiger partial charge in [-0.2, -0.15) is 0 Å². The normalized spacial score (nSPS) is 34.6. The number of alkyl halides is 2. The first-order valence-electron chi connectivity index (χ1n) is 6.61. The van der Waals surface area contributed by atoms with Crippen LogP contribution in [-0.2, 0) is 9.31 Å². The van der Waals surface area contributed by atoms with E-state index in [0.717, 1.165) is 11.9 Å². The predicted octanol–water partition coefficient (Wildman–Crippen LogP) is 3.75. The maximum Gasteiger partial charge on any atom is 0.490 e. The summed E-state index contributed by atoms with van der Waals surface area (Å²) in [5.74, 6) is -2.56. The Morgan fingerprint density at radius 2 is 1.94 bits per heavy atom. The Morgan fingerprint density at radius 1 is 1.28 bits per heavy atom. The molecule has 0 amide bonds. The molecular formula is C13H21BF2O2. The van der Waals surface area contributed by atoms with Crippen LogP contribution in [0.5, 0.6) is 0 Å². The largest absolute Gasteiger partial charge is 0.490 e. The molecule has 0 spiro atoms. The van der Waals surface area contributed by atoms with Gasteiger partial charge in [0.15, 0.2) is 0 Å². The predicted molar refractivity (Wildman–Crippen MR) is 67.6 cm³/mol. The van der Waals surface area contributed by atoms with Crippen molar-refractivity contribution in [3.8, 4) is 0 Å². The minimum absolute atomic E-state index is 0.106. The second-order valence-corrected chi connectivity index (χ2v) is 6.00. The molecule has 0 aromatic heterocycles. The van der Waals surface area contributed by atoms with E-state index in [1.54, 1.807) is 6.08 Å². The summed E-state index contributed by atoms with van der Waals surface area (Å²) in [7, 11) is -0.457. The van der Waals surface area contributed by atoms with Gasteiger partial charge in [-0.05, 0) is 39.1 Å². The summed E-state index contributed by atoms with van der Waals surface area (Å²) in [5, 5.41) is 0. The lowest BCUT2D eigenvalue weighted by Gasteiger charge is -2.35. The fraction of sp³-hybridized carbons (Fsp3) is 0.846. The third kappa shape index (κ3) is 2.35. The highest BCUT2D eigenvalue weighted by Crippen LogP contribution is 2.43. The first kappa shape index (κ1) is 14.0. The Morgan fingerprint density at radius 3 is 2.39 bits per heavy atom. The van der Waals surface area contributed by atoms with Gasteiger partial charge in [-0.15, -0.1) is 0 Å². The molecule has 0 aromatic carbocycles. The minimum Gasteiger partial charge on any atom is -0.400 e. The van der Waals surface area contributed by atoms with Crippen LogP contribution in [-0.4, -0.2) is 24.2 Å². The van der Waals surface area contributed by atoms with E-state index >= 15 is 0 Å². The van der Waals surface area contributed by atoms with Gasteiger partial charge in [-0.3, -0.25) is 0 Å². The molecule has 18 heavy (non-hydrogen) atoms. The Kier molecular flexibility index (Phi) is 3.35. The van der Waals surface area contributed by atoms with E-state index in [-0.39, 0.29) is 18.4 Å². The topological polar surface area (TPSA) is 18.5 Å². The van der Waals surface area contributed by atoms with Crippen LogP contribution in [0.4, 0.5) is 8.78 Å². The summed E-state index contributed by atoms with van der Waals surface area (Å²) in [6, 6.07) is 0. The van der Waals surface area contributed by atoms with Crippen molar-refractivity contribution in [2.75, 3.05) is 0 Å². The molecule has 0 aromatic rings. The maximum absolute atomic E-state index is 13.1. The van der Waals surface area contributed by atoms with Crippen LogP contribution in [0.1, 0.15) is 53.4 Å². The molecule has 102 valence electrons. The fourth-order valence-corrected chi connectivity index (χ4v) is 2.48. The van der Waals surface area contributed by atoms with Crippen LogP contribution in [0.3, 0.4) is 0 Å². The van der Waals surface area contributed by atoms with Crippen molar-refractivity contribution >= 4 is 7.12 Å². The number of rotatable bonds is 2. The summed E-state index contributed by atoms with van der Waals surface area (Å²) in [6.45, 7) is 8.06. The highest BCUT2D eigenvalue weighted by Gasteiger charge is 2.54. The zero-order valence-electron chi connectivity index (χ0n) is 11.6. The van der Waals surface area contributed by atoms with Gasteiger partial charge < -0.3 is 9.31 Å². The summed E-state index contributed by atoms with van der Waals surface area (Å²) in [4.78, 5) is 0. The van der Waals surface area contributed by atoms with Crippen LogP contribution in [0.2, 0.25) is 0 Å². The van der Waals surface area contributed by atoms with E-state index in [1.807, 2.05) is 20.8 Å². The van der Waals surface area contributed by atoms with E-state index in [9.17, 15) is 8.78 Å². The maximum atomic E-state index is 13.1. The molecule has 0 N–H and O–H groups in total. The van der Waals surface area contributed by atoms with Crippen molar-refractivity contribution in [3.63, 3.8) is 0 Å². The number of allylic oxidation sites excluding steroid dienone is 2. The smallest absolute Gasteiger partial charge is 0.400 e. The fourth-order valence-electron chi connectivity index (χ4n) is 2.48. The van der Waals surface area contributed by atoms with E-state index < -0.39 is 18.6 Å². The lowest BCUT2D eigenvalue weighted by Crippen LogP contribution is -2.44. The molecule has 5 heteroatoms. The second-order valence-electron chi connectivity index (χ2n) is 6.00. The molecule has 1 atom stereocenters. The molecular weight excluding hydrogens is 237 g/mol. The van der Waals surface area contributed by atoms with Gasteiger partial charge in [0, 0.05) is 12.8 Å². The van der Waals surface area contributed by atoms with E-state index in [2.05, 4.69) is 6.92 Å². The Balaban J connectivity index is 2.12. The first-order chi connectivity index (χ1) is 8.19. The molecule has 1 unspecified atom stereocenters. The summed E-state index contributed by atoms with van der Waals surface area (Å²) >= 11 is 0. The third-order valence-electron chi connectivity index (χ3n) is 4.46. The van der Waals surface area contributed by atoms with Crippen LogP contribution in [0.25, 0.3) is 0 Å². The van der Waals surface area contributed by atoms with Gasteiger partial charge in [0.05, 0.1) is 11.2 Å². The molecule has 1 aliphatic carbocycles. The van der Waals surface area contributed by atoms with E-state index in [0.29, 0.717) is 6.42 Å². The van der Waals surface area contributed by atoms with Crippen LogP contribution >= 0.6 is 0 Å². The monoisotopic (exact) mass is 258 g/mol. The third-order valence-corrected chi connectivity index (χ3v) is 4.46. The van der Waals surface area contributed by atoms with Crippen molar-refractivity contribution in [1.82, 2.24) is 0 Å². The number of hydrogen-bond acceptors (Lipinski definition) is 2. The van der Waals surface area contributed by atoms with E-state index in [4.69, 9.17) is 9.31 Å². The molecule has 1 fully saturated rings. The number of hydrogen-bond donors (Lipinski definition) is 0. The van der Waals surface area contributed by atoms with Crippen molar-refractivity contribution < 1.29 is 18.1 Å². The van der Waals surface area contributed by atoms with Gasteiger partial charge in [-0.25, -0.2) is 8.78 Å². The molecule has 0 bridgehead atoms. The molecule has 2 rings (SSSR count). The van der Waals surface area contributed by atoms with Crippen LogP contribution in [0, 0.1) is 0 Å². The van der Waals surface area contributed by atoms with Crippen LogP contribution < -0.4 is 0 Å². The molecule has 1 saturated heterocycles. The van der Waals surface area contributed by atoms with Gasteiger partial charge in [0.25, 0.3) is 5.92 Å². The Hall–Kier alpha value is -0.415. The highest BCUT2D eigenvalue weighted by atomic mass is 19.3. The molecule has 0 radical (unpaired) electrons. The van der Waals surface area contributed by atoms with Crippen molar-refractivity contribution in [2.45, 2.75) is 70.5 Å². The van der Waals surface area contributed by atoms with Crippen molar-refractivity contribution in [3.05, 3.63) is 11.5 Å². The molecule has 0 saturated carbocycles. The highest BCUT2D eigenvalue weighted by molar-refractivity contribution is 6.54. The molecule has 2 nitrogen and oxygen atoms in total. The standard InChI is InChI=1S/C13H21BF2O2/c1-5-12(4)11(2,3)17-14(18-12)10-6-8-13(15,16)9-7-10/h6H,5,7-9H2,1-4H3. The average molecular weight is 258 g/mol. The van der Waals surface area contributed by atoms with Gasteiger partial charge in [-0.1, -0.05) is 13.0 Å². The van der Waals surface area contributed by atoms with Crippen LogP contribution in [0.15, 0.2) is 11.5 Å². The molecule has 2 aliphatic rings. The quantitative estimate of drug-likeness (QED) is 0.702. The minimum atomic E-state index is -2.56. The lowest BCUT2D eigenvalue weighted by atomic mass is 9.72. The molecule has 1 aliphatic heterocycles. The van der Waals surface area contributed by atoms with Crippen molar-refractivity contribution in [2.24, 2.45) is 0 Å². The van der Waals surface area contributed by atoms with Gasteiger partial charge >= 0.3 is 7.12 Å². The summed E-state index contributed by atoms with van der Waals surface area (Å²) < 4.78 is 38.1. The summed E-state index contributed by atoms with van der Waals surface area (Å²) in [5.41, 5.74) is 0.109. The van der Waals surface area contributed by atoms with Gasteiger partial charge in [0.2, 0.25) is 0 Å². The zero-order chi connectivity index (χ0) is 13.6. The Labute approximate surface area is 108 Å². The zero-order valence-corrected chi connectivity index (χ0v) is 11.6.